The van der Waals surface area contributed by atoms with Gasteiger partial charge in [0.25, 0.3) is 0 Å². The van der Waals surface area contributed by atoms with E-state index in [1.165, 1.54) is 16.9 Å². The number of aryl methyl sites for hydroxylation is 2. The van der Waals surface area contributed by atoms with Gasteiger partial charge in [-0.1, -0.05) is 59.4 Å². The van der Waals surface area contributed by atoms with Gasteiger partial charge in [-0.2, -0.15) is 9.61 Å². The molecule has 0 radical (unpaired) electrons. The smallest absolute Gasteiger partial charge is 0.235 e. The van der Waals surface area contributed by atoms with Crippen molar-refractivity contribution in [3.63, 3.8) is 0 Å². The molecular weight excluding hydrogens is 332 g/mol. The summed E-state index contributed by atoms with van der Waals surface area (Å²) in [7, 11) is 0. The third-order valence-electron chi connectivity index (χ3n) is 4.34. The summed E-state index contributed by atoms with van der Waals surface area (Å²) in [5.41, 5.74) is 4.20. The minimum absolute atomic E-state index is 0.637. The van der Waals surface area contributed by atoms with Crippen molar-refractivity contribution in [3.8, 4) is 22.2 Å². The van der Waals surface area contributed by atoms with Crippen LogP contribution < -0.4 is 0 Å². The number of benzene rings is 2. The fourth-order valence-corrected chi connectivity index (χ4v) is 3.80. The van der Waals surface area contributed by atoms with Crippen molar-refractivity contribution < 1.29 is 4.42 Å². The van der Waals surface area contributed by atoms with E-state index in [4.69, 9.17) is 9.52 Å². The van der Waals surface area contributed by atoms with Gasteiger partial charge in [0.05, 0.1) is 0 Å². The number of fused-ring (bicyclic) bond motifs is 2. The Morgan fingerprint density at radius 2 is 1.76 bits per heavy atom. The second-order valence-corrected chi connectivity index (χ2v) is 7.00. The Morgan fingerprint density at radius 3 is 2.56 bits per heavy atom. The van der Waals surface area contributed by atoms with Crippen molar-refractivity contribution in [2.45, 2.75) is 13.8 Å². The van der Waals surface area contributed by atoms with Gasteiger partial charge in [-0.05, 0) is 19.9 Å². The fourth-order valence-electron chi connectivity index (χ4n) is 2.96. The Hall–Kier alpha value is -2.99. The number of hydrogen-bond acceptors (Lipinski definition) is 5. The maximum absolute atomic E-state index is 6.02. The quantitative estimate of drug-likeness (QED) is 0.457. The highest BCUT2D eigenvalue weighted by atomic mass is 32.1. The van der Waals surface area contributed by atoms with Gasteiger partial charge in [-0.25, -0.2) is 0 Å². The SMILES string of the molecule is Cc1ccc(-c2nn3c(-c4oc5ccccc5c4C)nnc3s2)cc1. The van der Waals surface area contributed by atoms with E-state index in [-0.39, 0.29) is 0 Å². The largest absolute Gasteiger partial charge is 0.452 e. The predicted molar refractivity (Wildman–Crippen MR) is 98.8 cm³/mol. The van der Waals surface area contributed by atoms with E-state index < -0.39 is 0 Å². The van der Waals surface area contributed by atoms with Crippen molar-refractivity contribution in [1.29, 1.82) is 0 Å². The van der Waals surface area contributed by atoms with Crippen LogP contribution in [0.3, 0.4) is 0 Å². The summed E-state index contributed by atoms with van der Waals surface area (Å²) in [5.74, 6) is 1.35. The first-order valence-corrected chi connectivity index (χ1v) is 8.80. The normalized spacial score (nSPS) is 11.6. The molecule has 5 rings (SSSR count). The standard InChI is InChI=1S/C19H14N4OS/c1-11-7-9-13(10-8-11)18-22-23-17(20-21-19(23)25-18)16-12(2)14-5-3-4-6-15(14)24-16/h3-10H,1-2H3. The lowest BCUT2D eigenvalue weighted by Crippen LogP contribution is -1.91. The number of furan rings is 1. The van der Waals surface area contributed by atoms with Crippen molar-refractivity contribution in [3.05, 3.63) is 59.7 Å². The number of para-hydroxylation sites is 1. The van der Waals surface area contributed by atoms with E-state index in [9.17, 15) is 0 Å². The number of rotatable bonds is 2. The van der Waals surface area contributed by atoms with E-state index in [1.807, 2.05) is 25.1 Å². The summed E-state index contributed by atoms with van der Waals surface area (Å²) in [6, 6.07) is 16.3. The fraction of sp³-hybridized carbons (Fsp3) is 0.105. The van der Waals surface area contributed by atoms with Crippen LogP contribution in [0, 0.1) is 13.8 Å². The molecule has 0 fully saturated rings. The van der Waals surface area contributed by atoms with Crippen molar-refractivity contribution in [2.75, 3.05) is 0 Å². The van der Waals surface area contributed by atoms with Crippen LogP contribution in [-0.4, -0.2) is 19.8 Å². The van der Waals surface area contributed by atoms with Gasteiger partial charge in [-0.15, -0.1) is 10.2 Å². The van der Waals surface area contributed by atoms with Crippen molar-refractivity contribution >= 4 is 27.3 Å². The zero-order valence-corrected chi connectivity index (χ0v) is 14.5. The summed E-state index contributed by atoms with van der Waals surface area (Å²) < 4.78 is 7.79. The van der Waals surface area contributed by atoms with Gasteiger partial charge >= 0.3 is 0 Å². The first-order valence-electron chi connectivity index (χ1n) is 7.98. The lowest BCUT2D eigenvalue weighted by Gasteiger charge is -1.96. The third kappa shape index (κ3) is 2.18. The van der Waals surface area contributed by atoms with Crippen molar-refractivity contribution in [1.82, 2.24) is 19.8 Å². The molecule has 122 valence electrons. The Labute approximate surface area is 147 Å². The van der Waals surface area contributed by atoms with Gasteiger partial charge < -0.3 is 4.42 Å². The number of nitrogens with zero attached hydrogens (tertiary/aromatic N) is 4. The van der Waals surface area contributed by atoms with E-state index in [0.717, 1.165) is 37.8 Å². The summed E-state index contributed by atoms with van der Waals surface area (Å²) in [4.78, 5) is 0.755. The molecule has 0 bridgehead atoms. The van der Waals surface area contributed by atoms with E-state index in [0.29, 0.717) is 5.82 Å². The monoisotopic (exact) mass is 346 g/mol. The molecule has 0 spiro atoms. The van der Waals surface area contributed by atoms with Crippen LogP contribution in [0.15, 0.2) is 52.9 Å². The molecule has 2 aromatic carbocycles. The molecule has 5 aromatic rings. The van der Waals surface area contributed by atoms with Gasteiger partial charge in [0.2, 0.25) is 10.8 Å². The molecule has 6 heteroatoms. The van der Waals surface area contributed by atoms with Crippen LogP contribution in [0.5, 0.6) is 0 Å². The average molecular weight is 346 g/mol. The molecule has 3 heterocycles. The van der Waals surface area contributed by atoms with Crippen LogP contribution >= 0.6 is 11.3 Å². The molecule has 0 unspecified atom stereocenters. The molecule has 0 N–H and O–H groups in total. The molecule has 0 aliphatic carbocycles. The summed E-state index contributed by atoms with van der Waals surface area (Å²) >= 11 is 1.52. The molecule has 0 saturated carbocycles. The van der Waals surface area contributed by atoms with Gasteiger partial charge in [-0.3, -0.25) is 0 Å². The molecule has 0 saturated heterocycles. The van der Waals surface area contributed by atoms with Crippen LogP contribution in [0.25, 0.3) is 38.1 Å². The third-order valence-corrected chi connectivity index (χ3v) is 5.28. The van der Waals surface area contributed by atoms with Gasteiger partial charge in [0.15, 0.2) is 5.76 Å². The first kappa shape index (κ1) is 14.4. The van der Waals surface area contributed by atoms with E-state index >= 15 is 0 Å². The zero-order valence-electron chi connectivity index (χ0n) is 13.7. The number of aromatic nitrogens is 4. The highest BCUT2D eigenvalue weighted by Gasteiger charge is 2.20. The van der Waals surface area contributed by atoms with Crippen LogP contribution in [-0.2, 0) is 0 Å². The highest BCUT2D eigenvalue weighted by Crippen LogP contribution is 2.34. The molecule has 5 nitrogen and oxygen atoms in total. The van der Waals surface area contributed by atoms with E-state index in [1.54, 1.807) is 4.52 Å². The minimum atomic E-state index is 0.637. The van der Waals surface area contributed by atoms with Crippen molar-refractivity contribution in [2.24, 2.45) is 0 Å². The maximum atomic E-state index is 6.02. The summed E-state index contributed by atoms with van der Waals surface area (Å²) in [6.45, 7) is 4.11. The first-order chi connectivity index (χ1) is 12.2. The lowest BCUT2D eigenvalue weighted by atomic mass is 10.1. The molecule has 0 aliphatic rings. The Morgan fingerprint density at radius 1 is 0.960 bits per heavy atom. The summed E-state index contributed by atoms with van der Waals surface area (Å²) in [5, 5.41) is 15.3. The molecule has 25 heavy (non-hydrogen) atoms. The molecule has 0 atom stereocenters. The Balaban J connectivity index is 1.69. The molecular formula is C19H14N4OS. The highest BCUT2D eigenvalue weighted by molar-refractivity contribution is 7.19. The van der Waals surface area contributed by atoms with Crippen LogP contribution in [0.2, 0.25) is 0 Å². The van der Waals surface area contributed by atoms with Gasteiger partial charge in [0, 0.05) is 16.5 Å². The lowest BCUT2D eigenvalue weighted by molar-refractivity contribution is 0.619. The Kier molecular flexibility index (Phi) is 3.02. The Bertz CT molecular complexity index is 1210. The maximum Gasteiger partial charge on any atom is 0.235 e. The molecule has 3 aromatic heterocycles. The minimum Gasteiger partial charge on any atom is -0.452 e. The topological polar surface area (TPSA) is 56.2 Å². The van der Waals surface area contributed by atoms with Gasteiger partial charge in [0.1, 0.15) is 10.6 Å². The van der Waals surface area contributed by atoms with Crippen LogP contribution in [0.1, 0.15) is 11.1 Å². The molecule has 0 aliphatic heterocycles. The second-order valence-electron chi connectivity index (χ2n) is 6.04. The van der Waals surface area contributed by atoms with Crippen LogP contribution in [0.4, 0.5) is 0 Å². The predicted octanol–water partition coefficient (Wildman–Crippen LogP) is 4.88. The number of hydrogen-bond donors (Lipinski definition) is 0. The zero-order chi connectivity index (χ0) is 17.0. The average Bonchev–Trinajstić information content (AvgIpc) is 3.29. The van der Waals surface area contributed by atoms with E-state index in [2.05, 4.69) is 47.5 Å². The summed E-state index contributed by atoms with van der Waals surface area (Å²) in [6.07, 6.45) is 0. The molecule has 0 amide bonds. The second kappa shape index (κ2) is 5.26.